The standard InChI is InChI=1S/C11H13BrN2O3S/c12-10-3-1-2-4-11(10)18(16,17)14-7-5-13(9-15)6-8-14/h1-4,9H,5-8H2. The predicted octanol–water partition coefficient (Wildman–Crippen LogP) is 0.912. The molecule has 1 saturated heterocycles. The minimum absolute atomic E-state index is 0.268. The van der Waals surface area contributed by atoms with Crippen LogP contribution in [-0.4, -0.2) is 50.2 Å². The molecule has 2 rings (SSSR count). The molecule has 0 N–H and O–H groups in total. The zero-order valence-corrected chi connectivity index (χ0v) is 12.0. The number of hydrogen-bond acceptors (Lipinski definition) is 3. The van der Waals surface area contributed by atoms with Crippen molar-refractivity contribution in [2.45, 2.75) is 4.90 Å². The highest BCUT2D eigenvalue weighted by atomic mass is 79.9. The molecule has 18 heavy (non-hydrogen) atoms. The summed E-state index contributed by atoms with van der Waals surface area (Å²) in [6.45, 7) is 1.55. The van der Waals surface area contributed by atoms with E-state index in [4.69, 9.17) is 0 Å². The van der Waals surface area contributed by atoms with Gasteiger partial charge in [0.15, 0.2) is 0 Å². The van der Waals surface area contributed by atoms with Crippen LogP contribution in [0.5, 0.6) is 0 Å². The predicted molar refractivity (Wildman–Crippen MR) is 70.5 cm³/mol. The van der Waals surface area contributed by atoms with Gasteiger partial charge in [0.05, 0.1) is 4.90 Å². The summed E-state index contributed by atoms with van der Waals surface area (Å²) in [6, 6.07) is 6.74. The highest BCUT2D eigenvalue weighted by Crippen LogP contribution is 2.25. The van der Waals surface area contributed by atoms with Crippen LogP contribution in [0, 0.1) is 0 Å². The molecular weight excluding hydrogens is 320 g/mol. The lowest BCUT2D eigenvalue weighted by Gasteiger charge is -2.31. The molecule has 0 aliphatic carbocycles. The third kappa shape index (κ3) is 2.57. The molecule has 1 aliphatic heterocycles. The average Bonchev–Trinajstić information content (AvgIpc) is 2.39. The Morgan fingerprint density at radius 2 is 1.72 bits per heavy atom. The Labute approximate surface area is 115 Å². The lowest BCUT2D eigenvalue weighted by Crippen LogP contribution is -2.48. The van der Waals surface area contributed by atoms with E-state index in [1.807, 2.05) is 0 Å². The van der Waals surface area contributed by atoms with E-state index in [-0.39, 0.29) is 4.90 Å². The molecule has 7 heteroatoms. The van der Waals surface area contributed by atoms with Crippen LogP contribution in [0.2, 0.25) is 0 Å². The number of amides is 1. The number of carbonyl (C=O) groups is 1. The lowest BCUT2D eigenvalue weighted by atomic mass is 10.4. The Hall–Kier alpha value is -0.920. The van der Waals surface area contributed by atoms with Crippen molar-refractivity contribution in [3.05, 3.63) is 28.7 Å². The molecule has 98 valence electrons. The fourth-order valence-electron chi connectivity index (χ4n) is 1.84. The fourth-order valence-corrected chi connectivity index (χ4v) is 4.23. The molecule has 1 fully saturated rings. The second kappa shape index (κ2) is 5.38. The first-order valence-electron chi connectivity index (χ1n) is 5.50. The monoisotopic (exact) mass is 332 g/mol. The second-order valence-electron chi connectivity index (χ2n) is 3.98. The number of piperazine rings is 1. The number of halogens is 1. The van der Waals surface area contributed by atoms with E-state index < -0.39 is 10.0 Å². The maximum Gasteiger partial charge on any atom is 0.244 e. The summed E-state index contributed by atoms with van der Waals surface area (Å²) in [5.41, 5.74) is 0. The molecule has 1 aliphatic rings. The van der Waals surface area contributed by atoms with Gasteiger partial charge in [0.25, 0.3) is 0 Å². The van der Waals surface area contributed by atoms with E-state index in [2.05, 4.69) is 15.9 Å². The van der Waals surface area contributed by atoms with E-state index in [9.17, 15) is 13.2 Å². The molecule has 0 saturated carbocycles. The number of benzene rings is 1. The minimum atomic E-state index is -3.48. The number of rotatable bonds is 3. The summed E-state index contributed by atoms with van der Waals surface area (Å²) in [4.78, 5) is 12.4. The maximum atomic E-state index is 12.4. The number of sulfonamides is 1. The highest BCUT2D eigenvalue weighted by molar-refractivity contribution is 9.10. The van der Waals surface area contributed by atoms with E-state index in [0.717, 1.165) is 6.41 Å². The molecule has 0 radical (unpaired) electrons. The first-order valence-corrected chi connectivity index (χ1v) is 7.73. The molecule has 0 aromatic heterocycles. The third-order valence-electron chi connectivity index (χ3n) is 2.88. The molecule has 0 atom stereocenters. The normalized spacial score (nSPS) is 17.7. The van der Waals surface area contributed by atoms with E-state index in [1.54, 1.807) is 29.2 Å². The SMILES string of the molecule is O=CN1CCN(S(=O)(=O)c2ccccc2Br)CC1. The first kappa shape index (κ1) is 13.5. The van der Waals surface area contributed by atoms with Crippen LogP contribution in [0.25, 0.3) is 0 Å². The van der Waals surface area contributed by atoms with Gasteiger partial charge in [-0.1, -0.05) is 12.1 Å². The van der Waals surface area contributed by atoms with Crippen LogP contribution in [0.3, 0.4) is 0 Å². The minimum Gasteiger partial charge on any atom is -0.343 e. The maximum absolute atomic E-state index is 12.4. The van der Waals surface area contributed by atoms with Gasteiger partial charge in [-0.15, -0.1) is 0 Å². The third-order valence-corrected chi connectivity index (χ3v) is 5.79. The van der Waals surface area contributed by atoms with Crippen molar-refractivity contribution in [1.82, 2.24) is 9.21 Å². The molecular formula is C11H13BrN2O3S. The van der Waals surface area contributed by atoms with Crippen LogP contribution in [0.15, 0.2) is 33.6 Å². The molecule has 1 aromatic carbocycles. The van der Waals surface area contributed by atoms with E-state index in [0.29, 0.717) is 30.7 Å². The summed E-state index contributed by atoms with van der Waals surface area (Å²) in [5, 5.41) is 0. The zero-order valence-electron chi connectivity index (χ0n) is 9.62. The molecule has 1 aromatic rings. The smallest absolute Gasteiger partial charge is 0.244 e. The molecule has 1 amide bonds. The van der Waals surface area contributed by atoms with Crippen molar-refractivity contribution in [3.63, 3.8) is 0 Å². The van der Waals surface area contributed by atoms with Crippen molar-refractivity contribution in [1.29, 1.82) is 0 Å². The zero-order chi connectivity index (χ0) is 13.2. The van der Waals surface area contributed by atoms with Gasteiger partial charge in [0, 0.05) is 30.7 Å². The molecule has 5 nitrogen and oxygen atoms in total. The van der Waals surface area contributed by atoms with Crippen molar-refractivity contribution in [2.24, 2.45) is 0 Å². The van der Waals surface area contributed by atoms with Crippen LogP contribution >= 0.6 is 15.9 Å². The molecule has 1 heterocycles. The van der Waals surface area contributed by atoms with E-state index >= 15 is 0 Å². The number of hydrogen-bond donors (Lipinski definition) is 0. The van der Waals surface area contributed by atoms with Gasteiger partial charge in [-0.05, 0) is 28.1 Å². The number of nitrogens with zero attached hydrogens (tertiary/aromatic N) is 2. The van der Waals surface area contributed by atoms with Crippen LogP contribution in [-0.2, 0) is 14.8 Å². The Bertz CT molecular complexity index is 539. The van der Waals surface area contributed by atoms with Gasteiger partial charge >= 0.3 is 0 Å². The van der Waals surface area contributed by atoms with Gasteiger partial charge in [0.2, 0.25) is 16.4 Å². The van der Waals surface area contributed by atoms with Crippen molar-refractivity contribution in [3.8, 4) is 0 Å². The van der Waals surface area contributed by atoms with Gasteiger partial charge in [-0.25, -0.2) is 8.42 Å². The second-order valence-corrected chi connectivity index (χ2v) is 6.74. The summed E-state index contributed by atoms with van der Waals surface area (Å²) in [5.74, 6) is 0. The highest BCUT2D eigenvalue weighted by Gasteiger charge is 2.29. The van der Waals surface area contributed by atoms with Gasteiger partial charge in [-0.2, -0.15) is 4.31 Å². The summed E-state index contributed by atoms with van der Waals surface area (Å²) in [7, 11) is -3.48. The van der Waals surface area contributed by atoms with Crippen molar-refractivity contribution in [2.75, 3.05) is 26.2 Å². The molecule has 0 unspecified atom stereocenters. The summed E-state index contributed by atoms with van der Waals surface area (Å²) >= 11 is 3.25. The largest absolute Gasteiger partial charge is 0.343 e. The Morgan fingerprint density at radius 3 is 2.28 bits per heavy atom. The Kier molecular flexibility index (Phi) is 4.04. The van der Waals surface area contributed by atoms with E-state index in [1.165, 1.54) is 4.31 Å². The quantitative estimate of drug-likeness (QED) is 0.773. The van der Waals surface area contributed by atoms with Crippen LogP contribution < -0.4 is 0 Å². The van der Waals surface area contributed by atoms with Crippen LogP contribution in [0.1, 0.15) is 0 Å². The van der Waals surface area contributed by atoms with Gasteiger partial charge < -0.3 is 4.90 Å². The van der Waals surface area contributed by atoms with Crippen molar-refractivity contribution >= 4 is 32.4 Å². The molecule has 0 spiro atoms. The Morgan fingerprint density at radius 1 is 1.11 bits per heavy atom. The average molecular weight is 333 g/mol. The topological polar surface area (TPSA) is 57.7 Å². The van der Waals surface area contributed by atoms with Crippen molar-refractivity contribution < 1.29 is 13.2 Å². The fraction of sp³-hybridized carbons (Fsp3) is 0.364. The van der Waals surface area contributed by atoms with Gasteiger partial charge in [-0.3, -0.25) is 4.79 Å². The summed E-state index contributed by atoms with van der Waals surface area (Å²) < 4.78 is 26.8. The lowest BCUT2D eigenvalue weighted by molar-refractivity contribution is -0.119. The van der Waals surface area contributed by atoms with Gasteiger partial charge in [0.1, 0.15) is 0 Å². The Balaban J connectivity index is 2.23. The molecule has 0 bridgehead atoms. The summed E-state index contributed by atoms with van der Waals surface area (Å²) in [6.07, 6.45) is 0.752. The number of carbonyl (C=O) groups excluding carboxylic acids is 1. The first-order chi connectivity index (χ1) is 8.55. The van der Waals surface area contributed by atoms with Crippen LogP contribution in [0.4, 0.5) is 0 Å².